The number of thiazole rings is 1. The van der Waals surface area contributed by atoms with Gasteiger partial charge in [-0.2, -0.15) is 0 Å². The van der Waals surface area contributed by atoms with Crippen LogP contribution in [0.5, 0.6) is 0 Å². The van der Waals surface area contributed by atoms with E-state index in [4.69, 9.17) is 0 Å². The first-order valence-electron chi connectivity index (χ1n) is 8.24. The Bertz CT molecular complexity index is 643. The average molecular weight is 331 g/mol. The number of hydrogen-bond donors (Lipinski definition) is 2. The Kier molecular flexibility index (Phi) is 5.43. The predicted octanol–water partition coefficient (Wildman–Crippen LogP) is 2.52. The Balaban J connectivity index is 1.46. The molecule has 3 rings (SSSR count). The maximum absolute atomic E-state index is 10.3. The molecule has 0 amide bonds. The normalized spacial score (nSPS) is 17.7. The largest absolute Gasteiger partial charge is 0.390 e. The second-order valence-electron chi connectivity index (χ2n) is 6.32. The van der Waals surface area contributed by atoms with Crippen LogP contribution in [-0.2, 0) is 13.0 Å². The van der Waals surface area contributed by atoms with Gasteiger partial charge in [0, 0.05) is 43.3 Å². The number of nitrogens with one attached hydrogen (secondary N) is 1. The minimum absolute atomic E-state index is 0.234. The molecule has 2 N–H and O–H groups in total. The van der Waals surface area contributed by atoms with Crippen LogP contribution in [0.4, 0.5) is 0 Å². The molecule has 0 spiro atoms. The second-order valence-corrected chi connectivity index (χ2v) is 7.59. The molecular formula is C18H25N3OS. The summed E-state index contributed by atoms with van der Waals surface area (Å²) in [5, 5.41) is 14.8. The number of β-amino-alcohol motifs (C(OH)–C–C–N with tert-alkyl or cyclic N) is 1. The van der Waals surface area contributed by atoms with Crippen molar-refractivity contribution in [2.75, 3.05) is 19.6 Å². The summed E-state index contributed by atoms with van der Waals surface area (Å²) < 4.78 is 0. The zero-order chi connectivity index (χ0) is 16.2. The lowest BCUT2D eigenvalue weighted by atomic mass is 10.00. The highest BCUT2D eigenvalue weighted by molar-refractivity contribution is 7.11. The molecule has 0 radical (unpaired) electrons. The van der Waals surface area contributed by atoms with Crippen molar-refractivity contribution in [2.24, 2.45) is 0 Å². The quantitative estimate of drug-likeness (QED) is 0.854. The van der Waals surface area contributed by atoms with Crippen LogP contribution in [-0.4, -0.2) is 40.7 Å². The number of fused-ring (bicyclic) bond motifs is 1. The molecule has 2 aromatic rings. The number of nitrogens with zero attached hydrogens (tertiary/aromatic N) is 2. The van der Waals surface area contributed by atoms with Crippen molar-refractivity contribution in [3.8, 4) is 0 Å². The Morgan fingerprint density at radius 2 is 2.13 bits per heavy atom. The first-order chi connectivity index (χ1) is 11.1. The van der Waals surface area contributed by atoms with E-state index in [9.17, 15) is 5.11 Å². The molecule has 0 saturated heterocycles. The molecule has 2 atom stereocenters. The fourth-order valence-corrected chi connectivity index (χ4v) is 3.88. The molecule has 0 fully saturated rings. The van der Waals surface area contributed by atoms with Gasteiger partial charge in [-0.15, -0.1) is 11.3 Å². The van der Waals surface area contributed by atoms with Gasteiger partial charge in [-0.1, -0.05) is 24.3 Å². The van der Waals surface area contributed by atoms with E-state index in [0.29, 0.717) is 6.54 Å². The predicted molar refractivity (Wildman–Crippen MR) is 94.7 cm³/mol. The summed E-state index contributed by atoms with van der Waals surface area (Å²) in [6.07, 6.45) is 2.65. The molecular weight excluding hydrogens is 306 g/mol. The number of aromatic nitrogens is 1. The van der Waals surface area contributed by atoms with E-state index in [-0.39, 0.29) is 12.1 Å². The third kappa shape index (κ3) is 4.38. The molecule has 1 aliphatic heterocycles. The standard InChI is InChI=1S/C18H25N3OS/c1-13(18-10-20-14(2)23-18)19-9-17(22)12-21-8-7-15-5-3-4-6-16(15)11-21/h3-6,10,13,17,19,22H,7-9,11-12H2,1-2H3. The van der Waals surface area contributed by atoms with Gasteiger partial charge >= 0.3 is 0 Å². The van der Waals surface area contributed by atoms with E-state index in [1.54, 1.807) is 11.3 Å². The summed E-state index contributed by atoms with van der Waals surface area (Å²) in [4.78, 5) is 7.85. The monoisotopic (exact) mass is 331 g/mol. The van der Waals surface area contributed by atoms with Crippen LogP contribution in [0.15, 0.2) is 30.5 Å². The summed E-state index contributed by atoms with van der Waals surface area (Å²) in [6, 6.07) is 8.84. The Labute approximate surface area is 142 Å². The van der Waals surface area contributed by atoms with E-state index in [1.807, 2.05) is 13.1 Å². The topological polar surface area (TPSA) is 48.4 Å². The van der Waals surface area contributed by atoms with Gasteiger partial charge in [-0.3, -0.25) is 4.90 Å². The van der Waals surface area contributed by atoms with Gasteiger partial charge in [-0.05, 0) is 31.4 Å². The van der Waals surface area contributed by atoms with Gasteiger partial charge < -0.3 is 10.4 Å². The highest BCUT2D eigenvalue weighted by atomic mass is 32.1. The third-order valence-corrected chi connectivity index (χ3v) is 5.50. The molecule has 23 heavy (non-hydrogen) atoms. The molecule has 0 bridgehead atoms. The minimum atomic E-state index is -0.350. The zero-order valence-electron chi connectivity index (χ0n) is 13.8. The molecule has 2 unspecified atom stereocenters. The second kappa shape index (κ2) is 7.53. The number of aryl methyl sites for hydroxylation is 1. The van der Waals surface area contributed by atoms with Crippen molar-refractivity contribution < 1.29 is 5.11 Å². The number of hydrogen-bond acceptors (Lipinski definition) is 5. The van der Waals surface area contributed by atoms with E-state index >= 15 is 0 Å². The van der Waals surface area contributed by atoms with Gasteiger partial charge in [0.15, 0.2) is 0 Å². The average Bonchev–Trinajstić information content (AvgIpc) is 2.99. The van der Waals surface area contributed by atoms with Crippen LogP contribution in [0.3, 0.4) is 0 Å². The van der Waals surface area contributed by atoms with Gasteiger partial charge in [0.25, 0.3) is 0 Å². The summed E-state index contributed by atoms with van der Waals surface area (Å²) in [6.45, 7) is 7.43. The lowest BCUT2D eigenvalue weighted by molar-refractivity contribution is 0.102. The van der Waals surface area contributed by atoms with Crippen LogP contribution in [0.2, 0.25) is 0 Å². The molecule has 1 aromatic carbocycles. The Morgan fingerprint density at radius 3 is 2.87 bits per heavy atom. The maximum atomic E-state index is 10.3. The molecule has 0 aliphatic carbocycles. The third-order valence-electron chi connectivity index (χ3n) is 4.40. The van der Waals surface area contributed by atoms with Crippen LogP contribution in [0, 0.1) is 6.92 Å². The van der Waals surface area contributed by atoms with Gasteiger partial charge in [0.05, 0.1) is 11.1 Å². The number of rotatable bonds is 6. The molecule has 1 aromatic heterocycles. The highest BCUT2D eigenvalue weighted by Crippen LogP contribution is 2.20. The number of aliphatic hydroxyl groups excluding tert-OH is 1. The molecule has 124 valence electrons. The summed E-state index contributed by atoms with van der Waals surface area (Å²) in [5.74, 6) is 0. The highest BCUT2D eigenvalue weighted by Gasteiger charge is 2.19. The maximum Gasteiger partial charge on any atom is 0.0897 e. The van der Waals surface area contributed by atoms with Crippen LogP contribution < -0.4 is 5.32 Å². The summed E-state index contributed by atoms with van der Waals surface area (Å²) in [7, 11) is 0. The van der Waals surface area contributed by atoms with Gasteiger partial charge in [0.2, 0.25) is 0 Å². The molecule has 0 saturated carbocycles. The minimum Gasteiger partial charge on any atom is -0.390 e. The van der Waals surface area contributed by atoms with Crippen molar-refractivity contribution in [3.05, 3.63) is 51.5 Å². The van der Waals surface area contributed by atoms with Crippen molar-refractivity contribution in [3.63, 3.8) is 0 Å². The van der Waals surface area contributed by atoms with Crippen molar-refractivity contribution in [2.45, 2.75) is 39.0 Å². The van der Waals surface area contributed by atoms with Gasteiger partial charge in [-0.25, -0.2) is 4.98 Å². The number of benzene rings is 1. The summed E-state index contributed by atoms with van der Waals surface area (Å²) in [5.41, 5.74) is 2.85. The lowest BCUT2D eigenvalue weighted by Gasteiger charge is -2.30. The zero-order valence-corrected chi connectivity index (χ0v) is 14.6. The Morgan fingerprint density at radius 1 is 1.35 bits per heavy atom. The van der Waals surface area contributed by atoms with Crippen molar-refractivity contribution in [1.82, 2.24) is 15.2 Å². The molecule has 5 heteroatoms. The fourth-order valence-electron chi connectivity index (χ4n) is 3.06. The van der Waals surface area contributed by atoms with Crippen molar-refractivity contribution >= 4 is 11.3 Å². The van der Waals surface area contributed by atoms with Crippen molar-refractivity contribution in [1.29, 1.82) is 0 Å². The van der Waals surface area contributed by atoms with Gasteiger partial charge in [0.1, 0.15) is 0 Å². The van der Waals surface area contributed by atoms with E-state index in [0.717, 1.165) is 31.1 Å². The molecule has 4 nitrogen and oxygen atoms in total. The SMILES string of the molecule is Cc1ncc(C(C)NCC(O)CN2CCc3ccccc3C2)s1. The lowest BCUT2D eigenvalue weighted by Crippen LogP contribution is -2.41. The van der Waals surface area contributed by atoms with E-state index < -0.39 is 0 Å². The Hall–Kier alpha value is -1.27. The first kappa shape index (κ1) is 16.6. The van der Waals surface area contributed by atoms with Crippen LogP contribution in [0.1, 0.15) is 34.0 Å². The van der Waals surface area contributed by atoms with E-state index in [1.165, 1.54) is 16.0 Å². The van der Waals surface area contributed by atoms with Crippen LogP contribution >= 0.6 is 11.3 Å². The molecule has 2 heterocycles. The fraction of sp³-hybridized carbons (Fsp3) is 0.500. The molecule has 1 aliphatic rings. The smallest absolute Gasteiger partial charge is 0.0897 e. The van der Waals surface area contributed by atoms with E-state index in [2.05, 4.69) is 46.4 Å². The number of aliphatic hydroxyl groups is 1. The summed E-state index contributed by atoms with van der Waals surface area (Å²) >= 11 is 1.71. The van der Waals surface area contributed by atoms with Crippen LogP contribution in [0.25, 0.3) is 0 Å². The first-order valence-corrected chi connectivity index (χ1v) is 9.06.